The van der Waals surface area contributed by atoms with Gasteiger partial charge in [-0.1, -0.05) is 152 Å². The van der Waals surface area contributed by atoms with Crippen LogP contribution in [-0.2, 0) is 32.7 Å². The van der Waals surface area contributed by atoms with E-state index in [1.807, 2.05) is 33.3 Å². The summed E-state index contributed by atoms with van der Waals surface area (Å²) in [5.41, 5.74) is 0. The molecule has 3 atom stereocenters. The third-order valence-corrected chi connectivity index (χ3v) is 9.65. The molecule has 2 unspecified atom stereocenters. The number of carbonyl (C=O) groups is 2. The molecule has 0 amide bonds. The van der Waals surface area contributed by atoms with Crippen LogP contribution in [0.3, 0.4) is 0 Å². The van der Waals surface area contributed by atoms with E-state index in [9.17, 15) is 24.2 Å². The lowest BCUT2D eigenvalue weighted by Gasteiger charge is -2.24. The molecule has 0 aromatic rings. The third-order valence-electron chi connectivity index (χ3n) is 8.67. The van der Waals surface area contributed by atoms with Crippen LogP contribution in [0.5, 0.6) is 0 Å². The minimum Gasteiger partial charge on any atom is -0.462 e. The van der Waals surface area contributed by atoms with E-state index in [-0.39, 0.29) is 26.1 Å². The number of quaternary nitrogens is 1. The van der Waals surface area contributed by atoms with Crippen molar-refractivity contribution in [1.82, 2.24) is 0 Å². The molecule has 0 aliphatic rings. The summed E-state index contributed by atoms with van der Waals surface area (Å²) in [7, 11) is 1.37. The summed E-state index contributed by atoms with van der Waals surface area (Å²) in [6, 6.07) is 0. The normalized spacial score (nSPS) is 14.8. The number of likely N-dealkylation sites (N-methyl/N-ethyl adjacent to an activating group) is 1. The Morgan fingerprint density at radius 2 is 1.18 bits per heavy atom. The average Bonchev–Trinajstić information content (AvgIpc) is 3.12. The lowest BCUT2D eigenvalue weighted by atomic mass is 10.0. The summed E-state index contributed by atoms with van der Waals surface area (Å²) >= 11 is 0. The molecule has 10 nitrogen and oxygen atoms in total. The Morgan fingerprint density at radius 3 is 1.75 bits per heavy atom. The van der Waals surface area contributed by atoms with Crippen LogP contribution in [0.4, 0.5) is 0 Å². The summed E-state index contributed by atoms with van der Waals surface area (Å²) in [6.07, 6.45) is 38.7. The maximum Gasteiger partial charge on any atom is 0.472 e. The van der Waals surface area contributed by atoms with Crippen LogP contribution in [0.25, 0.3) is 0 Å². The summed E-state index contributed by atoms with van der Waals surface area (Å²) in [5.74, 6) is -1.01. The van der Waals surface area contributed by atoms with Gasteiger partial charge in [-0.25, -0.2) is 4.57 Å². The van der Waals surface area contributed by atoms with Crippen molar-refractivity contribution in [3.8, 4) is 0 Å². The smallest absolute Gasteiger partial charge is 0.462 e. The van der Waals surface area contributed by atoms with Gasteiger partial charge >= 0.3 is 19.8 Å². The molecule has 318 valence electrons. The topological polar surface area (TPSA) is 129 Å². The number of hydrogen-bond acceptors (Lipinski definition) is 8. The molecule has 0 aromatic carbocycles. The predicted molar refractivity (Wildman–Crippen MR) is 225 cm³/mol. The first kappa shape index (κ1) is 52.7. The lowest BCUT2D eigenvalue weighted by molar-refractivity contribution is -0.870. The molecule has 0 bridgehead atoms. The van der Waals surface area contributed by atoms with E-state index in [0.717, 1.165) is 44.9 Å². The van der Waals surface area contributed by atoms with Gasteiger partial charge in [0.15, 0.2) is 6.10 Å². The third kappa shape index (κ3) is 39.7. The SMILES string of the molecule is CC/C=C\C/C=C\C/C=C\C/C=C\C=C\C(O)CCCC(=O)OC[C@H](COP(=O)(O)OCC[N+](C)(C)C)OC(=O)CCCCCCCCCCCCCCC. The van der Waals surface area contributed by atoms with Crippen molar-refractivity contribution in [2.75, 3.05) is 47.5 Å². The van der Waals surface area contributed by atoms with Gasteiger partial charge in [-0.2, -0.15) is 0 Å². The Morgan fingerprint density at radius 1 is 0.655 bits per heavy atom. The molecular weight excluding hydrogens is 717 g/mol. The van der Waals surface area contributed by atoms with Crippen LogP contribution >= 0.6 is 7.82 Å². The van der Waals surface area contributed by atoms with Crippen molar-refractivity contribution in [1.29, 1.82) is 0 Å². The highest BCUT2D eigenvalue weighted by Crippen LogP contribution is 2.43. The molecule has 11 heteroatoms. The van der Waals surface area contributed by atoms with E-state index in [1.54, 1.807) is 12.2 Å². The number of carbonyl (C=O) groups excluding carboxylic acids is 2. The fourth-order valence-corrected chi connectivity index (χ4v) is 6.08. The van der Waals surface area contributed by atoms with Crippen molar-refractivity contribution in [2.24, 2.45) is 0 Å². The maximum atomic E-state index is 12.7. The predicted octanol–water partition coefficient (Wildman–Crippen LogP) is 10.7. The van der Waals surface area contributed by atoms with E-state index >= 15 is 0 Å². The zero-order chi connectivity index (χ0) is 40.9. The Balaban J connectivity index is 4.58. The van der Waals surface area contributed by atoms with Gasteiger partial charge in [0.25, 0.3) is 0 Å². The van der Waals surface area contributed by atoms with Gasteiger partial charge in [0.05, 0.1) is 33.9 Å². The number of nitrogens with zero attached hydrogens (tertiary/aromatic N) is 1. The van der Waals surface area contributed by atoms with Crippen LogP contribution in [0, 0.1) is 0 Å². The first-order chi connectivity index (χ1) is 26.4. The molecule has 0 aromatic heterocycles. The summed E-state index contributed by atoms with van der Waals surface area (Å²) < 4.78 is 34.1. The number of aliphatic hydroxyl groups excluding tert-OH is 1. The van der Waals surface area contributed by atoms with Crippen LogP contribution < -0.4 is 0 Å². The van der Waals surface area contributed by atoms with E-state index < -0.39 is 38.6 Å². The number of ether oxygens (including phenoxy) is 2. The molecule has 0 radical (unpaired) electrons. The molecule has 0 saturated carbocycles. The molecule has 0 aliphatic heterocycles. The fourth-order valence-electron chi connectivity index (χ4n) is 5.34. The first-order valence-electron chi connectivity index (χ1n) is 21.1. The van der Waals surface area contributed by atoms with Gasteiger partial charge in [-0.15, -0.1) is 0 Å². The van der Waals surface area contributed by atoms with Gasteiger partial charge < -0.3 is 24.0 Å². The number of hydrogen-bond donors (Lipinski definition) is 2. The second kappa shape index (κ2) is 36.0. The number of esters is 2. The van der Waals surface area contributed by atoms with Gasteiger partial charge in [0.2, 0.25) is 0 Å². The molecule has 0 rings (SSSR count). The number of phosphoric ester groups is 1. The first-order valence-corrected chi connectivity index (χ1v) is 22.6. The standard InChI is InChI=1S/C44H78NO9P/c1-6-8-10-12-14-16-18-20-22-24-26-28-30-33-41(46)34-32-36-43(47)51-39-42(40-53-55(49,50)52-38-37-45(3,4)5)54-44(48)35-31-29-27-25-23-21-19-17-15-13-11-9-7-2/h8,10,14,16,20,22,26,28,30,33,41-42,46H,6-7,9,11-13,15,17-19,21,23-25,27,29,31-32,34-40H2,1-5H3/p+1/b10-8-,16-14-,22-20-,28-26-,33-30+/t41?,42-/m1/s1. The Kier molecular flexibility index (Phi) is 34.5. The van der Waals surface area contributed by atoms with E-state index in [2.05, 4.69) is 50.3 Å². The molecule has 0 aliphatic carbocycles. The number of aliphatic hydroxyl groups is 1. The van der Waals surface area contributed by atoms with Crippen molar-refractivity contribution in [3.05, 3.63) is 60.8 Å². The molecule has 2 N–H and O–H groups in total. The maximum absolute atomic E-state index is 12.7. The molecule has 0 heterocycles. The quantitative estimate of drug-likeness (QED) is 0.0158. The van der Waals surface area contributed by atoms with Gasteiger partial charge in [-0.05, 0) is 44.9 Å². The minimum atomic E-state index is -4.42. The van der Waals surface area contributed by atoms with E-state index in [0.29, 0.717) is 30.3 Å². The zero-order valence-corrected chi connectivity index (χ0v) is 36.1. The molecule has 55 heavy (non-hydrogen) atoms. The fraction of sp³-hybridized carbons (Fsp3) is 0.727. The lowest BCUT2D eigenvalue weighted by Crippen LogP contribution is -2.37. The summed E-state index contributed by atoms with van der Waals surface area (Å²) in [6.45, 7) is 4.06. The highest BCUT2D eigenvalue weighted by molar-refractivity contribution is 7.47. The number of rotatable bonds is 37. The largest absolute Gasteiger partial charge is 0.472 e. The van der Waals surface area contributed by atoms with Crippen LogP contribution in [0.15, 0.2) is 60.8 Å². The van der Waals surface area contributed by atoms with Gasteiger partial charge in [0.1, 0.15) is 19.8 Å². The number of phosphoric acid groups is 1. The average molecular weight is 797 g/mol. The molecular formula is C44H79NO9P+. The molecule has 0 fully saturated rings. The van der Waals surface area contributed by atoms with Crippen LogP contribution in [-0.4, -0.2) is 86.1 Å². The Hall–Kier alpha value is -2.33. The highest BCUT2D eigenvalue weighted by Gasteiger charge is 2.27. The highest BCUT2D eigenvalue weighted by atomic mass is 31.2. The Labute approximate surface area is 335 Å². The van der Waals surface area contributed by atoms with E-state index in [1.165, 1.54) is 57.8 Å². The van der Waals surface area contributed by atoms with Crippen molar-refractivity contribution < 1.29 is 47.2 Å². The van der Waals surface area contributed by atoms with Crippen molar-refractivity contribution in [2.45, 2.75) is 161 Å². The molecule has 0 spiro atoms. The van der Waals surface area contributed by atoms with Gasteiger partial charge in [0, 0.05) is 12.8 Å². The van der Waals surface area contributed by atoms with E-state index in [4.69, 9.17) is 18.5 Å². The summed E-state index contributed by atoms with van der Waals surface area (Å²) in [5, 5.41) is 10.3. The van der Waals surface area contributed by atoms with Crippen molar-refractivity contribution in [3.63, 3.8) is 0 Å². The molecule has 0 saturated heterocycles. The second-order valence-electron chi connectivity index (χ2n) is 15.2. The monoisotopic (exact) mass is 797 g/mol. The zero-order valence-electron chi connectivity index (χ0n) is 35.3. The second-order valence-corrected chi connectivity index (χ2v) is 16.7. The van der Waals surface area contributed by atoms with Crippen molar-refractivity contribution >= 4 is 19.8 Å². The summed E-state index contributed by atoms with van der Waals surface area (Å²) in [4.78, 5) is 35.3. The minimum absolute atomic E-state index is 0.000245. The van der Waals surface area contributed by atoms with Crippen LogP contribution in [0.1, 0.15) is 149 Å². The van der Waals surface area contributed by atoms with Gasteiger partial charge in [-0.3, -0.25) is 18.6 Å². The Bertz CT molecular complexity index is 1140. The number of unbranched alkanes of at least 4 members (excludes halogenated alkanes) is 12. The number of allylic oxidation sites excluding steroid dienone is 9. The van der Waals surface area contributed by atoms with Crippen LogP contribution in [0.2, 0.25) is 0 Å².